The molecule has 5 nitrogen and oxygen atoms in total. The lowest BCUT2D eigenvalue weighted by Gasteiger charge is -2.31. The number of thiophene rings is 1. The third-order valence-electron chi connectivity index (χ3n) is 3.36. The van der Waals surface area contributed by atoms with E-state index in [4.69, 9.17) is 18.0 Å². The van der Waals surface area contributed by atoms with Gasteiger partial charge in [0.2, 0.25) is 10.0 Å². The minimum absolute atomic E-state index is 0.0240. The molecule has 0 aromatic carbocycles. The Morgan fingerprint density at radius 1 is 1.60 bits per heavy atom. The minimum Gasteiger partial charge on any atom is -0.389 e. The summed E-state index contributed by atoms with van der Waals surface area (Å²) in [6.45, 7) is 4.84. The average Bonchev–Trinajstić information content (AvgIpc) is 2.89. The topological polar surface area (TPSA) is 75.4 Å². The molecule has 2 heterocycles. The monoisotopic (exact) mass is 333 g/mol. The maximum Gasteiger partial charge on any atom is 0.250 e. The Balaban J connectivity index is 2.08. The highest BCUT2D eigenvalue weighted by Gasteiger charge is 2.25. The number of nitrogens with zero attached hydrogens (tertiary/aromatic N) is 1. The van der Waals surface area contributed by atoms with Gasteiger partial charge in [0, 0.05) is 12.6 Å². The van der Waals surface area contributed by atoms with E-state index < -0.39 is 10.0 Å². The van der Waals surface area contributed by atoms with E-state index in [0.29, 0.717) is 4.88 Å². The van der Waals surface area contributed by atoms with Gasteiger partial charge in [0.1, 0.15) is 9.20 Å². The Labute approximate surface area is 129 Å². The number of likely N-dealkylation sites (tertiary alicyclic amines) is 1. The van der Waals surface area contributed by atoms with E-state index in [9.17, 15) is 8.42 Å². The number of rotatable bonds is 5. The maximum atomic E-state index is 12.3. The van der Waals surface area contributed by atoms with Gasteiger partial charge in [-0.25, -0.2) is 13.1 Å². The summed E-state index contributed by atoms with van der Waals surface area (Å²) in [6, 6.07) is 3.19. The lowest BCUT2D eigenvalue weighted by atomic mass is 10.1. The van der Waals surface area contributed by atoms with Crippen molar-refractivity contribution >= 4 is 38.6 Å². The zero-order valence-electron chi connectivity index (χ0n) is 11.3. The van der Waals surface area contributed by atoms with Crippen molar-refractivity contribution in [3.8, 4) is 0 Å². The van der Waals surface area contributed by atoms with Gasteiger partial charge >= 0.3 is 0 Å². The Morgan fingerprint density at radius 2 is 2.35 bits per heavy atom. The predicted octanol–water partition coefficient (Wildman–Crippen LogP) is 1.14. The molecular formula is C12H19N3O2S3. The van der Waals surface area contributed by atoms with Crippen molar-refractivity contribution in [3.63, 3.8) is 0 Å². The highest BCUT2D eigenvalue weighted by atomic mass is 32.2. The SMILES string of the molecule is CCN1CCCC(NS(=O)(=O)c2ccc(C(N)=S)s2)C1. The van der Waals surface area contributed by atoms with Gasteiger partial charge in [-0.15, -0.1) is 11.3 Å². The summed E-state index contributed by atoms with van der Waals surface area (Å²) < 4.78 is 27.7. The van der Waals surface area contributed by atoms with Crippen LogP contribution < -0.4 is 10.5 Å². The molecule has 8 heteroatoms. The molecular weight excluding hydrogens is 314 g/mol. The second-order valence-electron chi connectivity index (χ2n) is 4.84. The lowest BCUT2D eigenvalue weighted by Crippen LogP contribution is -2.47. The fourth-order valence-corrected chi connectivity index (χ4v) is 4.94. The summed E-state index contributed by atoms with van der Waals surface area (Å²) in [4.78, 5) is 3.11. The second kappa shape index (κ2) is 6.48. The van der Waals surface area contributed by atoms with E-state index in [2.05, 4.69) is 16.5 Å². The number of thiocarbonyl (C=S) groups is 1. The Hall–Kier alpha value is -0.540. The van der Waals surface area contributed by atoms with Crippen LogP contribution in [-0.2, 0) is 10.0 Å². The third kappa shape index (κ3) is 3.76. The van der Waals surface area contributed by atoms with Crippen LogP contribution in [0.25, 0.3) is 0 Å². The largest absolute Gasteiger partial charge is 0.389 e. The first kappa shape index (κ1) is 15.8. The van der Waals surface area contributed by atoms with Gasteiger partial charge in [0.15, 0.2) is 0 Å². The van der Waals surface area contributed by atoms with Gasteiger partial charge in [-0.2, -0.15) is 0 Å². The molecule has 20 heavy (non-hydrogen) atoms. The summed E-state index contributed by atoms with van der Waals surface area (Å²) in [5.74, 6) is 0. The van der Waals surface area contributed by atoms with Crippen LogP contribution in [0.5, 0.6) is 0 Å². The molecule has 1 unspecified atom stereocenters. The van der Waals surface area contributed by atoms with Gasteiger partial charge in [-0.05, 0) is 38.1 Å². The highest BCUT2D eigenvalue weighted by Crippen LogP contribution is 2.22. The first-order valence-electron chi connectivity index (χ1n) is 6.56. The summed E-state index contributed by atoms with van der Waals surface area (Å²) >= 11 is 5.97. The van der Waals surface area contributed by atoms with E-state index in [1.165, 1.54) is 0 Å². The van der Waals surface area contributed by atoms with Crippen molar-refractivity contribution in [1.29, 1.82) is 0 Å². The Morgan fingerprint density at radius 3 is 2.95 bits per heavy atom. The number of hydrogen-bond acceptors (Lipinski definition) is 5. The van der Waals surface area contributed by atoms with Gasteiger partial charge in [-0.3, -0.25) is 0 Å². The smallest absolute Gasteiger partial charge is 0.250 e. The van der Waals surface area contributed by atoms with E-state index in [1.54, 1.807) is 12.1 Å². The zero-order valence-corrected chi connectivity index (χ0v) is 13.8. The van der Waals surface area contributed by atoms with Gasteiger partial charge in [0.05, 0.1) is 4.88 Å². The summed E-state index contributed by atoms with van der Waals surface area (Å²) in [5, 5.41) is 0. The van der Waals surface area contributed by atoms with Gasteiger partial charge < -0.3 is 10.6 Å². The zero-order chi connectivity index (χ0) is 14.8. The summed E-state index contributed by atoms with van der Waals surface area (Å²) in [6.07, 6.45) is 1.90. The number of nitrogens with two attached hydrogens (primary N) is 1. The molecule has 1 aromatic heterocycles. The lowest BCUT2D eigenvalue weighted by molar-refractivity contribution is 0.211. The molecule has 1 fully saturated rings. The first-order chi connectivity index (χ1) is 9.42. The Bertz CT molecular complexity index is 583. The van der Waals surface area contributed by atoms with Crippen molar-refractivity contribution < 1.29 is 8.42 Å². The van der Waals surface area contributed by atoms with Gasteiger partial charge in [-0.1, -0.05) is 19.1 Å². The molecule has 0 bridgehead atoms. The molecule has 1 aliphatic rings. The molecule has 1 aliphatic heterocycles. The molecule has 0 spiro atoms. The van der Waals surface area contributed by atoms with E-state index >= 15 is 0 Å². The molecule has 112 valence electrons. The normalized spacial score (nSPS) is 20.9. The Kier molecular flexibility index (Phi) is 5.14. The fourth-order valence-electron chi connectivity index (χ4n) is 2.31. The molecule has 1 aromatic rings. The second-order valence-corrected chi connectivity index (χ2v) is 8.30. The van der Waals surface area contributed by atoms with Crippen molar-refractivity contribution in [2.45, 2.75) is 30.0 Å². The quantitative estimate of drug-likeness (QED) is 0.791. The van der Waals surface area contributed by atoms with Crippen molar-refractivity contribution in [2.75, 3.05) is 19.6 Å². The molecule has 1 atom stereocenters. The summed E-state index contributed by atoms with van der Waals surface area (Å²) in [7, 11) is -3.48. The van der Waals surface area contributed by atoms with Crippen LogP contribution >= 0.6 is 23.6 Å². The van der Waals surface area contributed by atoms with Crippen molar-refractivity contribution in [2.24, 2.45) is 5.73 Å². The highest BCUT2D eigenvalue weighted by molar-refractivity contribution is 7.91. The minimum atomic E-state index is -3.48. The molecule has 0 amide bonds. The van der Waals surface area contributed by atoms with Crippen LogP contribution in [0.4, 0.5) is 0 Å². The average molecular weight is 334 g/mol. The van der Waals surface area contributed by atoms with Crippen molar-refractivity contribution in [3.05, 3.63) is 17.0 Å². The van der Waals surface area contributed by atoms with Gasteiger partial charge in [0.25, 0.3) is 0 Å². The number of nitrogens with one attached hydrogen (secondary N) is 1. The van der Waals surface area contributed by atoms with Crippen LogP contribution in [0, 0.1) is 0 Å². The third-order valence-corrected chi connectivity index (χ3v) is 6.84. The number of sulfonamides is 1. The maximum absolute atomic E-state index is 12.3. The first-order valence-corrected chi connectivity index (χ1v) is 9.27. The predicted molar refractivity (Wildman–Crippen MR) is 85.7 cm³/mol. The van der Waals surface area contributed by atoms with Crippen LogP contribution in [0.1, 0.15) is 24.6 Å². The van der Waals surface area contributed by atoms with Crippen LogP contribution in [0.3, 0.4) is 0 Å². The molecule has 0 radical (unpaired) electrons. The molecule has 2 rings (SSSR count). The van der Waals surface area contributed by atoms with E-state index in [0.717, 1.165) is 43.8 Å². The molecule has 0 aliphatic carbocycles. The molecule has 0 saturated carbocycles. The van der Waals surface area contributed by atoms with Crippen LogP contribution in [-0.4, -0.2) is 44.0 Å². The number of hydrogen-bond donors (Lipinski definition) is 2. The number of likely N-dealkylation sites (N-methyl/N-ethyl adjacent to an activating group) is 1. The van der Waals surface area contributed by atoms with E-state index in [1.807, 2.05) is 0 Å². The molecule has 3 N–H and O–H groups in total. The van der Waals surface area contributed by atoms with E-state index in [-0.39, 0.29) is 15.2 Å². The number of piperidine rings is 1. The fraction of sp³-hybridized carbons (Fsp3) is 0.583. The standard InChI is InChI=1S/C12H19N3O2S3/c1-2-15-7-3-4-9(8-15)14-20(16,17)11-6-5-10(19-11)12(13)18/h5-6,9,14H,2-4,7-8H2,1H3,(H2,13,18). The van der Waals surface area contributed by atoms with Crippen LogP contribution in [0.15, 0.2) is 16.3 Å². The van der Waals surface area contributed by atoms with Crippen LogP contribution in [0.2, 0.25) is 0 Å². The summed E-state index contributed by atoms with van der Waals surface area (Å²) in [5.41, 5.74) is 5.51. The van der Waals surface area contributed by atoms with Crippen molar-refractivity contribution in [1.82, 2.24) is 9.62 Å². The molecule has 1 saturated heterocycles.